The van der Waals surface area contributed by atoms with Crippen molar-refractivity contribution in [3.63, 3.8) is 0 Å². The predicted molar refractivity (Wildman–Crippen MR) is 70.8 cm³/mol. The van der Waals surface area contributed by atoms with Crippen molar-refractivity contribution in [3.8, 4) is 0 Å². The molecule has 0 unspecified atom stereocenters. The summed E-state index contributed by atoms with van der Waals surface area (Å²) in [5.41, 5.74) is 0. The summed E-state index contributed by atoms with van der Waals surface area (Å²) in [4.78, 5) is 34.9. The minimum atomic E-state index is -0.876. The van der Waals surface area contributed by atoms with E-state index in [1.807, 2.05) is 19.0 Å². The molecule has 19 heavy (non-hydrogen) atoms. The van der Waals surface area contributed by atoms with Gasteiger partial charge in [0.15, 0.2) is 0 Å². The monoisotopic (exact) mass is 273 g/mol. The number of amides is 3. The van der Waals surface area contributed by atoms with Crippen molar-refractivity contribution in [1.82, 2.24) is 15.5 Å². The van der Waals surface area contributed by atoms with E-state index in [1.54, 1.807) is 0 Å². The van der Waals surface area contributed by atoms with Crippen LogP contribution in [0.15, 0.2) is 0 Å². The number of imide groups is 1. The Morgan fingerprint density at radius 1 is 1.05 bits per heavy atom. The topological polar surface area (TPSA) is 98.7 Å². The second-order valence-electron chi connectivity index (χ2n) is 4.56. The summed E-state index contributed by atoms with van der Waals surface area (Å²) in [7, 11) is 3.89. The van der Waals surface area contributed by atoms with E-state index in [2.05, 4.69) is 10.6 Å². The molecule has 0 atom stereocenters. The maximum Gasteiger partial charge on any atom is 0.321 e. The number of nitrogens with one attached hydrogen (secondary N) is 2. The Hall–Kier alpha value is -1.63. The number of urea groups is 1. The smallest absolute Gasteiger partial charge is 0.321 e. The number of nitrogens with zero attached hydrogens (tertiary/aromatic N) is 1. The van der Waals surface area contributed by atoms with Crippen molar-refractivity contribution in [3.05, 3.63) is 0 Å². The lowest BCUT2D eigenvalue weighted by Crippen LogP contribution is -2.40. The molecule has 7 nitrogen and oxygen atoms in total. The van der Waals surface area contributed by atoms with Crippen LogP contribution in [-0.4, -0.2) is 55.1 Å². The first-order valence-electron chi connectivity index (χ1n) is 6.36. The third kappa shape index (κ3) is 12.6. The maximum atomic E-state index is 11.3. The number of hydrogen-bond acceptors (Lipinski definition) is 4. The van der Waals surface area contributed by atoms with E-state index in [1.165, 1.54) is 0 Å². The Kier molecular flexibility index (Phi) is 9.42. The van der Waals surface area contributed by atoms with E-state index in [0.717, 1.165) is 13.0 Å². The van der Waals surface area contributed by atoms with Crippen molar-refractivity contribution < 1.29 is 19.5 Å². The largest absolute Gasteiger partial charge is 0.481 e. The maximum absolute atomic E-state index is 11.3. The molecule has 0 aromatic rings. The van der Waals surface area contributed by atoms with Crippen LogP contribution in [0.4, 0.5) is 4.79 Å². The second kappa shape index (κ2) is 10.3. The minimum absolute atomic E-state index is 0.0456. The molecule has 0 heterocycles. The van der Waals surface area contributed by atoms with E-state index in [-0.39, 0.29) is 18.7 Å². The second-order valence-corrected chi connectivity index (χ2v) is 4.56. The van der Waals surface area contributed by atoms with Crippen LogP contribution in [0.25, 0.3) is 0 Å². The van der Waals surface area contributed by atoms with E-state index >= 15 is 0 Å². The highest BCUT2D eigenvalue weighted by molar-refractivity contribution is 5.94. The van der Waals surface area contributed by atoms with Crippen LogP contribution in [0.1, 0.15) is 32.1 Å². The SMILES string of the molecule is CN(C)CCCNC(=O)NC(=O)CCCCC(=O)O. The molecule has 3 N–H and O–H groups in total. The number of carboxylic acids is 1. The highest BCUT2D eigenvalue weighted by atomic mass is 16.4. The van der Waals surface area contributed by atoms with Crippen LogP contribution >= 0.6 is 0 Å². The normalized spacial score (nSPS) is 10.3. The number of unbranched alkanes of at least 4 members (excludes halogenated alkanes) is 1. The molecular weight excluding hydrogens is 250 g/mol. The minimum Gasteiger partial charge on any atom is -0.481 e. The highest BCUT2D eigenvalue weighted by Gasteiger charge is 2.07. The Labute approximate surface area is 113 Å². The van der Waals surface area contributed by atoms with Gasteiger partial charge in [0.2, 0.25) is 5.91 Å². The molecule has 0 aliphatic rings. The number of carboxylic acid groups (broad SMARTS) is 1. The van der Waals surface area contributed by atoms with Crippen LogP contribution in [0, 0.1) is 0 Å². The summed E-state index contributed by atoms with van der Waals surface area (Å²) in [5.74, 6) is -1.26. The average Bonchev–Trinajstić information content (AvgIpc) is 2.30. The van der Waals surface area contributed by atoms with Gasteiger partial charge >= 0.3 is 12.0 Å². The van der Waals surface area contributed by atoms with Gasteiger partial charge in [-0.25, -0.2) is 4.79 Å². The van der Waals surface area contributed by atoms with Crippen LogP contribution in [0.5, 0.6) is 0 Å². The standard InChI is InChI=1S/C12H23N3O4/c1-15(2)9-5-8-13-12(19)14-10(16)6-3-4-7-11(17)18/h3-9H2,1-2H3,(H,17,18)(H2,13,14,16,19). The number of carbonyl (C=O) groups excluding carboxylic acids is 2. The predicted octanol–water partition coefficient (Wildman–Crippen LogP) is 0.409. The third-order valence-corrected chi connectivity index (χ3v) is 2.37. The third-order valence-electron chi connectivity index (χ3n) is 2.37. The first kappa shape index (κ1) is 17.4. The lowest BCUT2D eigenvalue weighted by atomic mass is 10.2. The van der Waals surface area contributed by atoms with Gasteiger partial charge in [0.05, 0.1) is 0 Å². The van der Waals surface area contributed by atoms with E-state index in [4.69, 9.17) is 5.11 Å². The van der Waals surface area contributed by atoms with Crippen LogP contribution < -0.4 is 10.6 Å². The molecular formula is C12H23N3O4. The Balaban J connectivity index is 3.53. The van der Waals surface area contributed by atoms with Gasteiger partial charge in [-0.1, -0.05) is 0 Å². The molecule has 110 valence electrons. The number of hydrogen-bond donors (Lipinski definition) is 3. The Morgan fingerprint density at radius 3 is 2.26 bits per heavy atom. The van der Waals surface area contributed by atoms with Crippen LogP contribution in [0.3, 0.4) is 0 Å². The lowest BCUT2D eigenvalue weighted by Gasteiger charge is -2.10. The summed E-state index contributed by atoms with van der Waals surface area (Å²) in [6.45, 7) is 1.37. The molecule has 0 aromatic heterocycles. The Bertz CT molecular complexity index is 305. The number of rotatable bonds is 9. The highest BCUT2D eigenvalue weighted by Crippen LogP contribution is 1.99. The molecule has 0 radical (unpaired) electrons. The molecule has 0 aliphatic carbocycles. The molecule has 0 aromatic carbocycles. The molecule has 0 saturated carbocycles. The first-order valence-corrected chi connectivity index (χ1v) is 6.36. The van der Waals surface area contributed by atoms with Gasteiger partial charge in [-0.3, -0.25) is 14.9 Å². The summed E-state index contributed by atoms with van der Waals surface area (Å²) < 4.78 is 0. The van der Waals surface area contributed by atoms with Crippen molar-refractivity contribution in [2.45, 2.75) is 32.1 Å². The fraction of sp³-hybridized carbons (Fsp3) is 0.750. The van der Waals surface area contributed by atoms with Gasteiger partial charge in [-0.15, -0.1) is 0 Å². The fourth-order valence-electron chi connectivity index (χ4n) is 1.39. The van der Waals surface area contributed by atoms with Gasteiger partial charge in [-0.2, -0.15) is 0 Å². The van der Waals surface area contributed by atoms with Crippen molar-refractivity contribution >= 4 is 17.9 Å². The summed E-state index contributed by atoms with van der Waals surface area (Å²) in [6.07, 6.45) is 1.93. The Morgan fingerprint density at radius 2 is 1.68 bits per heavy atom. The van der Waals surface area contributed by atoms with E-state index in [0.29, 0.717) is 19.4 Å². The lowest BCUT2D eigenvalue weighted by molar-refractivity contribution is -0.137. The molecule has 0 aliphatic heterocycles. The van der Waals surface area contributed by atoms with E-state index in [9.17, 15) is 14.4 Å². The van der Waals surface area contributed by atoms with Crippen molar-refractivity contribution in [1.29, 1.82) is 0 Å². The molecule has 0 fully saturated rings. The zero-order valence-electron chi connectivity index (χ0n) is 11.6. The average molecular weight is 273 g/mol. The number of carbonyl (C=O) groups is 3. The van der Waals surface area contributed by atoms with Crippen LogP contribution in [-0.2, 0) is 9.59 Å². The molecule has 7 heteroatoms. The number of aliphatic carboxylic acids is 1. The van der Waals surface area contributed by atoms with E-state index < -0.39 is 12.0 Å². The van der Waals surface area contributed by atoms with Crippen molar-refractivity contribution in [2.75, 3.05) is 27.2 Å². The quantitative estimate of drug-likeness (QED) is 0.528. The molecule has 0 saturated heterocycles. The van der Waals surface area contributed by atoms with Gasteiger partial charge in [0.1, 0.15) is 0 Å². The van der Waals surface area contributed by atoms with Gasteiger partial charge in [0, 0.05) is 19.4 Å². The zero-order valence-corrected chi connectivity index (χ0v) is 11.6. The van der Waals surface area contributed by atoms with Crippen LogP contribution in [0.2, 0.25) is 0 Å². The summed E-state index contributed by atoms with van der Waals surface area (Å²) >= 11 is 0. The summed E-state index contributed by atoms with van der Waals surface area (Å²) in [6, 6.07) is -0.498. The molecule has 3 amide bonds. The molecule has 0 bridgehead atoms. The van der Waals surface area contributed by atoms with Gasteiger partial charge < -0.3 is 15.3 Å². The zero-order chi connectivity index (χ0) is 14.7. The van der Waals surface area contributed by atoms with Gasteiger partial charge in [-0.05, 0) is 39.9 Å². The fourth-order valence-corrected chi connectivity index (χ4v) is 1.39. The van der Waals surface area contributed by atoms with Gasteiger partial charge in [0.25, 0.3) is 0 Å². The first-order chi connectivity index (χ1) is 8.91. The summed E-state index contributed by atoms with van der Waals surface area (Å²) in [5, 5.41) is 13.2. The molecule has 0 rings (SSSR count). The van der Waals surface area contributed by atoms with Crippen molar-refractivity contribution in [2.24, 2.45) is 0 Å². The molecule has 0 spiro atoms.